The van der Waals surface area contributed by atoms with Crippen molar-refractivity contribution in [3.63, 3.8) is 0 Å². The molecule has 0 saturated carbocycles. The lowest BCUT2D eigenvalue weighted by Crippen LogP contribution is -2.16. The Kier molecular flexibility index (Phi) is 7.66. The molecule has 0 spiro atoms. The Hall–Kier alpha value is -2.46. The smallest absolute Gasteiger partial charge is 0.234 e. The molecule has 0 atom stereocenters. The molecule has 164 valence electrons. The van der Waals surface area contributed by atoms with E-state index >= 15 is 0 Å². The molecule has 1 aromatic heterocycles. The fourth-order valence-electron chi connectivity index (χ4n) is 2.84. The van der Waals surface area contributed by atoms with Crippen LogP contribution < -0.4 is 10.1 Å². The molecule has 0 radical (unpaired) electrons. The van der Waals surface area contributed by atoms with Crippen molar-refractivity contribution in [2.75, 3.05) is 11.1 Å². The lowest BCUT2D eigenvalue weighted by Gasteiger charge is -2.12. The molecule has 0 aliphatic heterocycles. The number of carbonyl (C=O) groups excluding carboxylic acids is 1. The third kappa shape index (κ3) is 5.62. The number of thioether (sulfide) groups is 1. The molecule has 0 bridgehead atoms. The lowest BCUT2D eigenvalue weighted by molar-refractivity contribution is -0.113. The van der Waals surface area contributed by atoms with E-state index in [0.29, 0.717) is 23.6 Å². The summed E-state index contributed by atoms with van der Waals surface area (Å²) < 4.78 is 35.0. The summed E-state index contributed by atoms with van der Waals surface area (Å²) in [5, 5.41) is 11.3. The van der Waals surface area contributed by atoms with Crippen molar-refractivity contribution in [3.05, 3.63) is 63.4 Å². The monoisotopic (exact) mass is 510 g/mol. The first-order valence-corrected chi connectivity index (χ1v) is 11.3. The normalized spacial score (nSPS) is 10.9. The van der Waals surface area contributed by atoms with Crippen LogP contribution in [0.25, 0.3) is 0 Å². The van der Waals surface area contributed by atoms with E-state index in [1.54, 1.807) is 0 Å². The molecule has 0 fully saturated rings. The molecule has 3 aromatic rings. The second kappa shape index (κ2) is 10.2. The third-order valence-corrected chi connectivity index (χ3v) is 6.22. The van der Waals surface area contributed by atoms with Gasteiger partial charge in [0, 0.05) is 17.1 Å². The first kappa shape index (κ1) is 23.2. The summed E-state index contributed by atoms with van der Waals surface area (Å²) in [6, 6.07) is 7.66. The summed E-state index contributed by atoms with van der Waals surface area (Å²) in [5.41, 5.74) is 2.10. The zero-order chi connectivity index (χ0) is 22.5. The second-order valence-electron chi connectivity index (χ2n) is 6.71. The molecule has 0 aliphatic carbocycles. The minimum atomic E-state index is -0.854. The van der Waals surface area contributed by atoms with E-state index in [-0.39, 0.29) is 22.5 Å². The molecule has 6 nitrogen and oxygen atoms in total. The van der Waals surface area contributed by atoms with Gasteiger partial charge in [-0.15, -0.1) is 10.2 Å². The van der Waals surface area contributed by atoms with Gasteiger partial charge in [-0.3, -0.25) is 4.79 Å². The van der Waals surface area contributed by atoms with Crippen molar-refractivity contribution in [1.82, 2.24) is 14.8 Å². The van der Waals surface area contributed by atoms with E-state index in [9.17, 15) is 13.6 Å². The number of anilines is 1. The van der Waals surface area contributed by atoms with Crippen molar-refractivity contribution >= 4 is 39.3 Å². The largest absolute Gasteiger partial charge is 0.485 e. The molecule has 10 heteroatoms. The van der Waals surface area contributed by atoms with Crippen molar-refractivity contribution in [3.8, 4) is 5.75 Å². The van der Waals surface area contributed by atoms with Crippen LogP contribution in [0.3, 0.4) is 0 Å². The highest BCUT2D eigenvalue weighted by Gasteiger charge is 2.16. The van der Waals surface area contributed by atoms with E-state index < -0.39 is 17.5 Å². The van der Waals surface area contributed by atoms with Crippen LogP contribution in [0.4, 0.5) is 14.5 Å². The van der Waals surface area contributed by atoms with Gasteiger partial charge in [0.25, 0.3) is 0 Å². The number of amides is 1. The van der Waals surface area contributed by atoms with Crippen LogP contribution in [0.1, 0.15) is 23.9 Å². The van der Waals surface area contributed by atoms with Crippen molar-refractivity contribution in [1.29, 1.82) is 0 Å². The van der Waals surface area contributed by atoms with Gasteiger partial charge in [0.1, 0.15) is 18.2 Å². The molecule has 1 N–H and O–H groups in total. The Morgan fingerprint density at radius 1 is 1.26 bits per heavy atom. The molecule has 1 heterocycles. The van der Waals surface area contributed by atoms with Gasteiger partial charge in [-0.1, -0.05) is 23.9 Å². The molecule has 0 unspecified atom stereocenters. The average molecular weight is 511 g/mol. The van der Waals surface area contributed by atoms with Gasteiger partial charge in [-0.25, -0.2) is 8.78 Å². The van der Waals surface area contributed by atoms with Crippen molar-refractivity contribution in [2.45, 2.75) is 39.1 Å². The van der Waals surface area contributed by atoms with Crippen LogP contribution in [0, 0.1) is 25.5 Å². The third-order valence-electron chi connectivity index (χ3n) is 4.63. The number of hydrogen-bond donors (Lipinski definition) is 1. The van der Waals surface area contributed by atoms with Crippen LogP contribution in [0.5, 0.6) is 5.75 Å². The Balaban J connectivity index is 1.63. The van der Waals surface area contributed by atoms with Gasteiger partial charge < -0.3 is 14.6 Å². The average Bonchev–Trinajstić information content (AvgIpc) is 3.12. The van der Waals surface area contributed by atoms with Gasteiger partial charge in [-0.2, -0.15) is 0 Å². The Morgan fingerprint density at radius 2 is 2.03 bits per heavy atom. The van der Waals surface area contributed by atoms with Gasteiger partial charge >= 0.3 is 0 Å². The second-order valence-corrected chi connectivity index (χ2v) is 8.51. The quantitative estimate of drug-likeness (QED) is 0.418. The number of aryl methyl sites for hydroxylation is 1. The molecular formula is C21H21BrF2N4O2S. The number of benzene rings is 2. The Bertz CT molecular complexity index is 1080. The zero-order valence-corrected chi connectivity index (χ0v) is 19.6. The number of halogens is 3. The fourth-order valence-corrected chi connectivity index (χ4v) is 4.17. The highest BCUT2D eigenvalue weighted by molar-refractivity contribution is 9.10. The highest BCUT2D eigenvalue weighted by Crippen LogP contribution is 2.27. The molecular weight excluding hydrogens is 490 g/mol. The van der Waals surface area contributed by atoms with Crippen LogP contribution in [-0.4, -0.2) is 26.4 Å². The number of nitrogens with one attached hydrogen (secondary N) is 1. The number of ether oxygens (including phenoxy) is 1. The van der Waals surface area contributed by atoms with E-state index in [1.165, 1.54) is 11.8 Å². The first-order valence-electron chi connectivity index (χ1n) is 9.48. The number of carbonyl (C=O) groups is 1. The predicted octanol–water partition coefficient (Wildman–Crippen LogP) is 5.27. The van der Waals surface area contributed by atoms with Crippen molar-refractivity contribution in [2.24, 2.45) is 0 Å². The van der Waals surface area contributed by atoms with Gasteiger partial charge in [-0.05, 0) is 60.0 Å². The van der Waals surface area contributed by atoms with Gasteiger partial charge in [0.2, 0.25) is 5.91 Å². The van der Waals surface area contributed by atoms with E-state index in [4.69, 9.17) is 4.74 Å². The highest BCUT2D eigenvalue weighted by atomic mass is 79.9. The number of hydrogen-bond acceptors (Lipinski definition) is 5. The van der Waals surface area contributed by atoms with Crippen LogP contribution in [-0.2, 0) is 17.9 Å². The molecule has 1 amide bonds. The van der Waals surface area contributed by atoms with E-state index in [1.807, 2.05) is 43.5 Å². The topological polar surface area (TPSA) is 69.0 Å². The summed E-state index contributed by atoms with van der Waals surface area (Å²) in [4.78, 5) is 12.3. The van der Waals surface area contributed by atoms with Crippen LogP contribution in [0.15, 0.2) is 40.0 Å². The maximum atomic E-state index is 13.9. The summed E-state index contributed by atoms with van der Waals surface area (Å²) >= 11 is 4.22. The maximum Gasteiger partial charge on any atom is 0.234 e. The molecule has 31 heavy (non-hydrogen) atoms. The van der Waals surface area contributed by atoms with Gasteiger partial charge in [0.05, 0.1) is 11.4 Å². The predicted molar refractivity (Wildman–Crippen MR) is 119 cm³/mol. The maximum absolute atomic E-state index is 13.9. The minimum absolute atomic E-state index is 0.0146. The van der Waals surface area contributed by atoms with E-state index in [0.717, 1.165) is 22.9 Å². The van der Waals surface area contributed by atoms with E-state index in [2.05, 4.69) is 31.4 Å². The minimum Gasteiger partial charge on any atom is -0.485 e. The zero-order valence-electron chi connectivity index (χ0n) is 17.2. The van der Waals surface area contributed by atoms with Crippen LogP contribution >= 0.6 is 27.7 Å². The molecule has 3 rings (SSSR count). The molecule has 0 saturated heterocycles. The summed E-state index contributed by atoms with van der Waals surface area (Å²) in [6.45, 7) is 6.80. The Labute approximate surface area is 191 Å². The number of nitrogens with zero attached hydrogens (tertiary/aromatic N) is 3. The SMILES string of the molecule is CCn1c(COc2cccc(C)c2C)nnc1SCC(=O)Nc1c(F)cc(F)cc1Br. The Morgan fingerprint density at radius 3 is 2.74 bits per heavy atom. The number of rotatable bonds is 8. The summed E-state index contributed by atoms with van der Waals surface area (Å²) in [7, 11) is 0. The lowest BCUT2D eigenvalue weighted by atomic mass is 10.1. The first-order chi connectivity index (χ1) is 14.8. The molecule has 2 aromatic carbocycles. The van der Waals surface area contributed by atoms with Crippen LogP contribution in [0.2, 0.25) is 0 Å². The van der Waals surface area contributed by atoms with Gasteiger partial charge in [0.15, 0.2) is 16.8 Å². The standard InChI is InChI=1S/C21H21BrF2N4O2S/c1-4-28-18(10-30-17-7-5-6-12(2)13(17)3)26-27-21(28)31-11-19(29)25-20-15(22)8-14(23)9-16(20)24/h5-9H,4,10-11H2,1-3H3,(H,25,29). The summed E-state index contributed by atoms with van der Waals surface area (Å²) in [6.07, 6.45) is 0. The summed E-state index contributed by atoms with van der Waals surface area (Å²) in [5.74, 6) is -0.629. The fraction of sp³-hybridized carbons (Fsp3) is 0.286. The number of aromatic nitrogens is 3. The van der Waals surface area contributed by atoms with Crippen molar-refractivity contribution < 1.29 is 18.3 Å². The molecule has 0 aliphatic rings.